The topological polar surface area (TPSA) is 74.8 Å². The summed E-state index contributed by atoms with van der Waals surface area (Å²) in [6, 6.07) is 0. The number of rotatable bonds is 7. The van der Waals surface area contributed by atoms with Gasteiger partial charge in [-0.3, -0.25) is 4.99 Å². The zero-order valence-corrected chi connectivity index (χ0v) is 18.9. The predicted molar refractivity (Wildman–Crippen MR) is 112 cm³/mol. The summed E-state index contributed by atoms with van der Waals surface area (Å²) in [5.41, 5.74) is -0.987. The smallest absolute Gasteiger partial charge is 0.408 e. The summed E-state index contributed by atoms with van der Waals surface area (Å²) in [6.07, 6.45) is 0.666. The Morgan fingerprint density at radius 1 is 1.12 bits per heavy atom. The normalized spacial score (nSPS) is 12.5. The van der Waals surface area contributed by atoms with Crippen molar-refractivity contribution in [3.63, 3.8) is 0 Å². The van der Waals surface area contributed by atoms with Gasteiger partial charge in [-0.05, 0) is 53.9 Å². The fourth-order valence-electron chi connectivity index (χ4n) is 1.72. The van der Waals surface area contributed by atoms with Crippen molar-refractivity contribution in [1.29, 1.82) is 0 Å². The van der Waals surface area contributed by atoms with E-state index in [4.69, 9.17) is 4.74 Å². The Morgan fingerprint density at radius 2 is 1.71 bits per heavy atom. The van der Waals surface area contributed by atoms with Gasteiger partial charge >= 0.3 is 6.09 Å². The van der Waals surface area contributed by atoms with Crippen LogP contribution in [0.1, 0.15) is 61.8 Å². The maximum absolute atomic E-state index is 11.9. The van der Waals surface area contributed by atoms with Gasteiger partial charge in [0.15, 0.2) is 5.96 Å². The number of nitrogens with zero attached hydrogens (tertiary/aromatic N) is 1. The highest BCUT2D eigenvalue weighted by Gasteiger charge is 2.24. The van der Waals surface area contributed by atoms with E-state index in [0.717, 1.165) is 25.5 Å². The van der Waals surface area contributed by atoms with Crippen LogP contribution in [0, 0.1) is 5.92 Å². The minimum Gasteiger partial charge on any atom is -0.444 e. The number of hydrogen-bond donors (Lipinski definition) is 3. The number of amides is 1. The summed E-state index contributed by atoms with van der Waals surface area (Å²) in [7, 11) is 0. The molecule has 0 heterocycles. The lowest BCUT2D eigenvalue weighted by atomic mass is 10.1. The maximum atomic E-state index is 11.9. The lowest BCUT2D eigenvalue weighted by molar-refractivity contribution is 0.0476. The van der Waals surface area contributed by atoms with Gasteiger partial charge in [-0.15, -0.1) is 24.0 Å². The molecule has 3 N–H and O–H groups in total. The van der Waals surface area contributed by atoms with Gasteiger partial charge in [0.25, 0.3) is 0 Å². The van der Waals surface area contributed by atoms with Gasteiger partial charge in [0.05, 0.1) is 12.1 Å². The molecule has 0 rings (SSSR count). The van der Waals surface area contributed by atoms with E-state index < -0.39 is 17.2 Å². The molecular formula is C17H37IN4O2. The minimum atomic E-state index is -0.503. The van der Waals surface area contributed by atoms with Gasteiger partial charge in [0.1, 0.15) is 5.60 Å². The van der Waals surface area contributed by atoms with Crippen molar-refractivity contribution in [2.24, 2.45) is 10.9 Å². The highest BCUT2D eigenvalue weighted by molar-refractivity contribution is 14.0. The van der Waals surface area contributed by atoms with Crippen LogP contribution in [0.3, 0.4) is 0 Å². The Balaban J connectivity index is 0. The molecule has 0 aromatic rings. The molecule has 0 spiro atoms. The number of ether oxygens (including phenoxy) is 1. The molecule has 0 saturated carbocycles. The van der Waals surface area contributed by atoms with Crippen LogP contribution in [0.4, 0.5) is 4.79 Å². The first-order chi connectivity index (χ1) is 10.4. The first-order valence-corrected chi connectivity index (χ1v) is 8.48. The molecule has 0 aromatic heterocycles. The molecule has 0 saturated heterocycles. The summed E-state index contributed by atoms with van der Waals surface area (Å²) in [5, 5.41) is 9.39. The van der Waals surface area contributed by atoms with E-state index in [1.54, 1.807) is 0 Å². The third-order valence-electron chi connectivity index (χ3n) is 2.83. The number of halogens is 1. The number of hydrogen-bond acceptors (Lipinski definition) is 3. The predicted octanol–water partition coefficient (Wildman–Crippen LogP) is 3.51. The van der Waals surface area contributed by atoms with E-state index in [1.807, 2.05) is 41.5 Å². The zero-order valence-electron chi connectivity index (χ0n) is 16.6. The Bertz CT molecular complexity index is 391. The minimum absolute atomic E-state index is 0. The van der Waals surface area contributed by atoms with Gasteiger partial charge < -0.3 is 20.7 Å². The van der Waals surface area contributed by atoms with Crippen molar-refractivity contribution in [2.45, 2.75) is 73.0 Å². The van der Waals surface area contributed by atoms with Gasteiger partial charge in [-0.2, -0.15) is 0 Å². The molecule has 0 aliphatic carbocycles. The molecule has 0 aliphatic heterocycles. The zero-order chi connectivity index (χ0) is 18.1. The molecular weight excluding hydrogens is 419 g/mol. The van der Waals surface area contributed by atoms with Crippen LogP contribution in [-0.4, -0.2) is 42.8 Å². The van der Waals surface area contributed by atoms with Crippen molar-refractivity contribution in [3.05, 3.63) is 0 Å². The van der Waals surface area contributed by atoms with Crippen molar-refractivity contribution in [1.82, 2.24) is 16.0 Å². The van der Waals surface area contributed by atoms with Crippen molar-refractivity contribution < 1.29 is 9.53 Å². The summed E-state index contributed by atoms with van der Waals surface area (Å²) < 4.78 is 5.29. The second-order valence-corrected chi connectivity index (χ2v) is 7.82. The average molecular weight is 456 g/mol. The van der Waals surface area contributed by atoms with Crippen molar-refractivity contribution in [3.8, 4) is 0 Å². The van der Waals surface area contributed by atoms with Gasteiger partial charge in [0.2, 0.25) is 0 Å². The molecule has 0 unspecified atom stereocenters. The molecule has 0 aromatic carbocycles. The van der Waals surface area contributed by atoms with Gasteiger partial charge in [0, 0.05) is 13.1 Å². The molecule has 7 heteroatoms. The van der Waals surface area contributed by atoms with Crippen LogP contribution in [-0.2, 0) is 4.74 Å². The highest BCUT2D eigenvalue weighted by Crippen LogP contribution is 2.09. The fourth-order valence-corrected chi connectivity index (χ4v) is 1.72. The Hall–Kier alpha value is -0.730. The Kier molecular flexibility index (Phi) is 12.5. The van der Waals surface area contributed by atoms with Crippen LogP contribution in [0.2, 0.25) is 0 Å². The number of aliphatic imine (C=N–C) groups is 1. The quantitative estimate of drug-likeness (QED) is 0.312. The molecule has 0 radical (unpaired) electrons. The second-order valence-electron chi connectivity index (χ2n) is 7.82. The van der Waals surface area contributed by atoms with Crippen molar-refractivity contribution >= 4 is 36.0 Å². The molecule has 0 atom stereocenters. The van der Waals surface area contributed by atoms with Crippen LogP contribution < -0.4 is 16.0 Å². The molecule has 24 heavy (non-hydrogen) atoms. The highest BCUT2D eigenvalue weighted by atomic mass is 127. The third-order valence-corrected chi connectivity index (χ3v) is 2.83. The monoisotopic (exact) mass is 456 g/mol. The van der Waals surface area contributed by atoms with Crippen molar-refractivity contribution in [2.75, 3.05) is 19.6 Å². The van der Waals surface area contributed by atoms with E-state index in [-0.39, 0.29) is 24.0 Å². The first-order valence-electron chi connectivity index (χ1n) is 8.48. The average Bonchev–Trinajstić information content (AvgIpc) is 2.32. The van der Waals surface area contributed by atoms with Crippen LogP contribution in [0.25, 0.3) is 0 Å². The summed E-state index contributed by atoms with van der Waals surface area (Å²) in [4.78, 5) is 16.4. The molecule has 0 fully saturated rings. The molecule has 1 amide bonds. The van der Waals surface area contributed by atoms with Gasteiger partial charge in [-0.25, -0.2) is 4.79 Å². The van der Waals surface area contributed by atoms with Crippen LogP contribution in [0.5, 0.6) is 0 Å². The lowest BCUT2D eigenvalue weighted by Gasteiger charge is -2.27. The van der Waals surface area contributed by atoms with E-state index >= 15 is 0 Å². The largest absolute Gasteiger partial charge is 0.444 e. The number of alkyl carbamates (subject to hydrolysis) is 1. The van der Waals surface area contributed by atoms with E-state index in [9.17, 15) is 4.79 Å². The molecule has 6 nitrogen and oxygen atoms in total. The Labute approximate surface area is 165 Å². The molecule has 0 bridgehead atoms. The summed E-state index contributed by atoms with van der Waals surface area (Å²) in [5.74, 6) is 1.42. The summed E-state index contributed by atoms with van der Waals surface area (Å²) in [6.45, 7) is 18.0. The number of guanidine groups is 1. The van der Waals surface area contributed by atoms with E-state index in [1.165, 1.54) is 0 Å². The van der Waals surface area contributed by atoms with E-state index in [0.29, 0.717) is 12.5 Å². The SMILES string of the molecule is CCNC(=NCC(C)(C)NC(=O)OC(C)(C)C)NCCC(C)C.I. The maximum Gasteiger partial charge on any atom is 0.408 e. The van der Waals surface area contributed by atoms with Gasteiger partial charge in [-0.1, -0.05) is 13.8 Å². The molecule has 144 valence electrons. The third kappa shape index (κ3) is 14.8. The Morgan fingerprint density at radius 3 is 2.17 bits per heavy atom. The number of carbonyl (C=O) groups excluding carboxylic acids is 1. The fraction of sp³-hybridized carbons (Fsp3) is 0.882. The van der Waals surface area contributed by atoms with E-state index in [2.05, 4.69) is 34.8 Å². The standard InChI is InChI=1S/C17H36N4O2.HI/c1-9-18-14(19-11-10-13(2)3)20-12-17(7,8)21-15(22)23-16(4,5)6;/h13H,9-12H2,1-8H3,(H,21,22)(H2,18,19,20);1H. The number of carbonyl (C=O) groups is 1. The summed E-state index contributed by atoms with van der Waals surface area (Å²) >= 11 is 0. The van der Waals surface area contributed by atoms with Crippen LogP contribution in [0.15, 0.2) is 4.99 Å². The second kappa shape index (κ2) is 11.8. The van der Waals surface area contributed by atoms with Crippen LogP contribution >= 0.6 is 24.0 Å². The first kappa shape index (κ1) is 25.5. The molecule has 0 aliphatic rings. The number of nitrogens with one attached hydrogen (secondary N) is 3. The lowest BCUT2D eigenvalue weighted by Crippen LogP contribution is -2.49.